The molecule has 0 aliphatic heterocycles. The van der Waals surface area contributed by atoms with Gasteiger partial charge in [-0.25, -0.2) is 13.1 Å². The van der Waals surface area contributed by atoms with Crippen molar-refractivity contribution < 1.29 is 18.0 Å². The number of amides is 2. The molecule has 0 unspecified atom stereocenters. The topological polar surface area (TPSA) is 104 Å². The first-order valence-electron chi connectivity index (χ1n) is 11.7. The lowest BCUT2D eigenvalue weighted by atomic mass is 9.96. The van der Waals surface area contributed by atoms with Crippen molar-refractivity contribution in [3.63, 3.8) is 0 Å². The molecule has 0 atom stereocenters. The predicted octanol–water partition coefficient (Wildman–Crippen LogP) is 5.11. The van der Waals surface area contributed by atoms with Gasteiger partial charge in [0, 0.05) is 28.5 Å². The summed E-state index contributed by atoms with van der Waals surface area (Å²) in [5, 5.41) is 5.63. The van der Waals surface area contributed by atoms with Gasteiger partial charge >= 0.3 is 0 Å². The number of benzene rings is 3. The van der Waals surface area contributed by atoms with Crippen LogP contribution in [0.2, 0.25) is 0 Å². The second-order valence-corrected chi connectivity index (χ2v) is 10.5. The van der Waals surface area contributed by atoms with Crippen LogP contribution in [0.5, 0.6) is 0 Å². The molecule has 0 radical (unpaired) electrons. The molecular weight excluding hydrogens is 462 g/mol. The monoisotopic (exact) mass is 491 g/mol. The highest BCUT2D eigenvalue weighted by molar-refractivity contribution is 7.89. The zero-order chi connectivity index (χ0) is 24.8. The summed E-state index contributed by atoms with van der Waals surface area (Å²) < 4.78 is 28.2. The quantitative estimate of drug-likeness (QED) is 0.427. The lowest BCUT2D eigenvalue weighted by Gasteiger charge is -2.22. The molecule has 0 spiro atoms. The summed E-state index contributed by atoms with van der Waals surface area (Å²) in [4.78, 5) is 25.5. The third-order valence-corrected chi connectivity index (χ3v) is 7.67. The lowest BCUT2D eigenvalue weighted by molar-refractivity contribution is 0.101. The number of rotatable bonds is 7. The van der Waals surface area contributed by atoms with Crippen molar-refractivity contribution in [2.75, 3.05) is 10.6 Å². The normalized spacial score (nSPS) is 14.3. The van der Waals surface area contributed by atoms with Gasteiger partial charge in [0.1, 0.15) is 0 Å². The first-order valence-corrected chi connectivity index (χ1v) is 13.2. The Balaban J connectivity index is 1.42. The third-order valence-electron chi connectivity index (χ3n) is 6.13. The molecule has 4 rings (SSSR count). The highest BCUT2D eigenvalue weighted by Crippen LogP contribution is 2.22. The molecule has 1 aliphatic carbocycles. The average molecular weight is 492 g/mol. The van der Waals surface area contributed by atoms with Crippen LogP contribution in [0.4, 0.5) is 11.4 Å². The van der Waals surface area contributed by atoms with E-state index < -0.39 is 10.0 Å². The number of sulfonamides is 1. The van der Waals surface area contributed by atoms with Gasteiger partial charge in [0.25, 0.3) is 11.8 Å². The molecule has 7 nitrogen and oxygen atoms in total. The fourth-order valence-electron chi connectivity index (χ4n) is 4.11. The molecule has 182 valence electrons. The van der Waals surface area contributed by atoms with Crippen LogP contribution in [0.25, 0.3) is 0 Å². The first kappa shape index (κ1) is 24.6. The Kier molecular flexibility index (Phi) is 7.63. The first-order chi connectivity index (χ1) is 16.8. The van der Waals surface area contributed by atoms with E-state index in [-0.39, 0.29) is 22.8 Å². The molecule has 1 saturated carbocycles. The second kappa shape index (κ2) is 10.8. The van der Waals surface area contributed by atoms with E-state index in [9.17, 15) is 18.0 Å². The number of anilines is 2. The minimum absolute atomic E-state index is 0.0220. The predicted molar refractivity (Wildman–Crippen MR) is 137 cm³/mol. The van der Waals surface area contributed by atoms with Crippen LogP contribution in [0, 0.1) is 6.92 Å². The maximum Gasteiger partial charge on any atom is 0.255 e. The Morgan fingerprint density at radius 1 is 0.771 bits per heavy atom. The lowest BCUT2D eigenvalue weighted by Crippen LogP contribution is -2.36. The van der Waals surface area contributed by atoms with E-state index in [0.29, 0.717) is 22.5 Å². The molecule has 0 heterocycles. The minimum Gasteiger partial charge on any atom is -0.322 e. The number of nitrogens with one attached hydrogen (secondary N) is 3. The molecule has 0 saturated heterocycles. The molecule has 3 aromatic rings. The molecule has 2 amide bonds. The molecule has 8 heteroatoms. The van der Waals surface area contributed by atoms with Gasteiger partial charge < -0.3 is 10.6 Å². The van der Waals surface area contributed by atoms with E-state index in [2.05, 4.69) is 15.4 Å². The highest BCUT2D eigenvalue weighted by atomic mass is 32.2. The second-order valence-electron chi connectivity index (χ2n) is 8.78. The Hall–Kier alpha value is -3.49. The van der Waals surface area contributed by atoms with E-state index in [0.717, 1.165) is 37.7 Å². The molecule has 1 aliphatic rings. The van der Waals surface area contributed by atoms with Crippen LogP contribution in [0.1, 0.15) is 58.4 Å². The van der Waals surface area contributed by atoms with E-state index in [1.807, 2.05) is 13.0 Å². The van der Waals surface area contributed by atoms with E-state index in [1.165, 1.54) is 12.1 Å². The molecule has 0 aromatic heterocycles. The Bertz CT molecular complexity index is 1300. The van der Waals surface area contributed by atoms with Crippen LogP contribution in [-0.4, -0.2) is 26.3 Å². The summed E-state index contributed by atoms with van der Waals surface area (Å²) in [7, 11) is -3.61. The van der Waals surface area contributed by atoms with Gasteiger partial charge in [0.05, 0.1) is 4.90 Å². The van der Waals surface area contributed by atoms with Gasteiger partial charge in [0.2, 0.25) is 10.0 Å². The van der Waals surface area contributed by atoms with Crippen molar-refractivity contribution in [2.24, 2.45) is 0 Å². The fourth-order valence-corrected chi connectivity index (χ4v) is 5.42. The van der Waals surface area contributed by atoms with E-state index in [4.69, 9.17) is 0 Å². The third kappa shape index (κ3) is 6.35. The van der Waals surface area contributed by atoms with Crippen molar-refractivity contribution in [1.29, 1.82) is 0 Å². The van der Waals surface area contributed by atoms with Crippen molar-refractivity contribution >= 4 is 33.2 Å². The van der Waals surface area contributed by atoms with Gasteiger partial charge in [0.15, 0.2) is 0 Å². The maximum absolute atomic E-state index is 12.8. The molecule has 35 heavy (non-hydrogen) atoms. The van der Waals surface area contributed by atoms with E-state index >= 15 is 0 Å². The fraction of sp³-hybridized carbons (Fsp3) is 0.259. The molecule has 3 N–H and O–H groups in total. The maximum atomic E-state index is 12.8. The van der Waals surface area contributed by atoms with Crippen LogP contribution in [0.15, 0.2) is 77.7 Å². The van der Waals surface area contributed by atoms with Crippen LogP contribution < -0.4 is 15.4 Å². The number of aryl methyl sites for hydroxylation is 1. The molecule has 1 fully saturated rings. The smallest absolute Gasteiger partial charge is 0.255 e. The van der Waals surface area contributed by atoms with Gasteiger partial charge in [-0.05, 0) is 73.9 Å². The Morgan fingerprint density at radius 3 is 2.11 bits per heavy atom. The zero-order valence-corrected chi connectivity index (χ0v) is 20.4. The van der Waals surface area contributed by atoms with Crippen molar-refractivity contribution in [1.82, 2.24) is 4.72 Å². The largest absolute Gasteiger partial charge is 0.322 e. The van der Waals surface area contributed by atoms with Crippen molar-refractivity contribution in [3.8, 4) is 0 Å². The van der Waals surface area contributed by atoms with E-state index in [1.54, 1.807) is 54.6 Å². The number of hydrogen-bond donors (Lipinski definition) is 3. The van der Waals surface area contributed by atoms with Crippen LogP contribution in [-0.2, 0) is 10.0 Å². The van der Waals surface area contributed by atoms with Gasteiger partial charge in [-0.1, -0.05) is 43.5 Å². The van der Waals surface area contributed by atoms with Crippen molar-refractivity contribution in [3.05, 3.63) is 89.5 Å². The highest BCUT2D eigenvalue weighted by Gasteiger charge is 2.22. The van der Waals surface area contributed by atoms with Gasteiger partial charge in [-0.15, -0.1) is 0 Å². The molecule has 3 aromatic carbocycles. The molecular formula is C27H29N3O4S. The SMILES string of the molecule is Cc1ccc(C(=O)Nc2ccc(S(=O)(=O)NC3CCCCC3)cc2)cc1NC(=O)c1ccccc1. The number of carbonyl (C=O) groups is 2. The number of carbonyl (C=O) groups excluding carboxylic acids is 2. The summed E-state index contributed by atoms with van der Waals surface area (Å²) in [5.41, 5.74) is 2.74. The summed E-state index contributed by atoms with van der Waals surface area (Å²) in [5.74, 6) is -0.624. The summed E-state index contributed by atoms with van der Waals surface area (Å²) >= 11 is 0. The Labute approximate surface area is 206 Å². The summed E-state index contributed by atoms with van der Waals surface area (Å²) in [6.07, 6.45) is 4.94. The summed E-state index contributed by atoms with van der Waals surface area (Å²) in [6.45, 7) is 1.85. The van der Waals surface area contributed by atoms with Gasteiger partial charge in [-0.3, -0.25) is 9.59 Å². The van der Waals surface area contributed by atoms with Crippen LogP contribution >= 0.6 is 0 Å². The summed E-state index contributed by atoms with van der Waals surface area (Å²) in [6, 6.07) is 20.0. The average Bonchev–Trinajstić information content (AvgIpc) is 2.86. The van der Waals surface area contributed by atoms with Crippen LogP contribution in [0.3, 0.4) is 0 Å². The zero-order valence-electron chi connectivity index (χ0n) is 19.6. The minimum atomic E-state index is -3.61. The van der Waals surface area contributed by atoms with Crippen molar-refractivity contribution in [2.45, 2.75) is 50.0 Å². The Morgan fingerprint density at radius 2 is 1.43 bits per heavy atom. The number of hydrogen-bond acceptors (Lipinski definition) is 4. The standard InChI is InChI=1S/C27H29N3O4S/c1-19-12-13-21(18-25(19)29-26(31)20-8-4-2-5-9-20)27(32)28-22-14-16-24(17-15-22)35(33,34)30-23-10-6-3-7-11-23/h2,4-5,8-9,12-18,23,30H,3,6-7,10-11H2,1H3,(H,28,32)(H,29,31). The van der Waals surface area contributed by atoms with Gasteiger partial charge in [-0.2, -0.15) is 0 Å². The molecule has 0 bridgehead atoms.